The zero-order valence-electron chi connectivity index (χ0n) is 15.2. The van der Waals surface area contributed by atoms with Gasteiger partial charge in [-0.05, 0) is 47.5 Å². The van der Waals surface area contributed by atoms with E-state index in [4.69, 9.17) is 9.47 Å². The quantitative estimate of drug-likeness (QED) is 0.463. The third-order valence-electron chi connectivity index (χ3n) is 3.91. The minimum Gasteiger partial charge on any atom is -0.427 e. The van der Waals surface area contributed by atoms with Crippen LogP contribution in [0.4, 0.5) is 8.78 Å². The minimum absolute atomic E-state index is 0.0900. The monoisotopic (exact) mass is 382 g/mol. The summed E-state index contributed by atoms with van der Waals surface area (Å²) in [4.78, 5) is 21.9. The molecular weight excluding hydrogens is 366 g/mol. The third-order valence-corrected chi connectivity index (χ3v) is 3.91. The van der Waals surface area contributed by atoms with Gasteiger partial charge < -0.3 is 9.47 Å². The zero-order valence-corrected chi connectivity index (χ0v) is 15.2. The summed E-state index contributed by atoms with van der Waals surface area (Å²) in [5, 5.41) is 0. The highest BCUT2D eigenvalue weighted by molar-refractivity contribution is 5.74. The Balaban J connectivity index is 1.90. The number of carbonyl (C=O) groups is 2. The van der Waals surface area contributed by atoms with Crippen molar-refractivity contribution in [3.8, 4) is 33.8 Å². The van der Waals surface area contributed by atoms with Crippen LogP contribution in [0.15, 0.2) is 60.7 Å². The maximum atomic E-state index is 14.6. The fourth-order valence-electron chi connectivity index (χ4n) is 2.73. The van der Waals surface area contributed by atoms with Gasteiger partial charge in [0.1, 0.15) is 23.1 Å². The summed E-state index contributed by atoms with van der Waals surface area (Å²) in [6.07, 6.45) is 0. The van der Waals surface area contributed by atoms with E-state index in [0.29, 0.717) is 22.6 Å². The van der Waals surface area contributed by atoms with Crippen LogP contribution in [0.5, 0.6) is 11.5 Å². The molecule has 0 atom stereocenters. The van der Waals surface area contributed by atoms with Crippen molar-refractivity contribution < 1.29 is 27.8 Å². The molecule has 0 aliphatic rings. The maximum Gasteiger partial charge on any atom is 0.308 e. The van der Waals surface area contributed by atoms with Gasteiger partial charge in [0.25, 0.3) is 0 Å². The molecule has 0 bridgehead atoms. The molecule has 0 saturated carbocycles. The second kappa shape index (κ2) is 8.00. The Kier molecular flexibility index (Phi) is 5.49. The van der Waals surface area contributed by atoms with Crippen LogP contribution in [-0.4, -0.2) is 11.9 Å². The predicted octanol–water partition coefficient (Wildman–Crippen LogP) is 5.15. The molecule has 0 heterocycles. The number of ether oxygens (including phenoxy) is 2. The first kappa shape index (κ1) is 19.2. The van der Waals surface area contributed by atoms with Crippen molar-refractivity contribution in [3.63, 3.8) is 0 Å². The molecule has 0 N–H and O–H groups in total. The van der Waals surface area contributed by atoms with Gasteiger partial charge in [-0.25, -0.2) is 8.78 Å². The van der Waals surface area contributed by atoms with Crippen molar-refractivity contribution in [3.05, 3.63) is 72.3 Å². The van der Waals surface area contributed by atoms with Crippen molar-refractivity contribution in [1.29, 1.82) is 0 Å². The maximum absolute atomic E-state index is 14.6. The van der Waals surface area contributed by atoms with Crippen LogP contribution in [0.2, 0.25) is 0 Å². The number of halogens is 2. The summed E-state index contributed by atoms with van der Waals surface area (Å²) >= 11 is 0. The van der Waals surface area contributed by atoms with Crippen molar-refractivity contribution >= 4 is 11.9 Å². The molecule has 3 aromatic rings. The molecule has 0 radical (unpaired) electrons. The van der Waals surface area contributed by atoms with E-state index in [1.165, 1.54) is 38.1 Å². The number of carbonyl (C=O) groups excluding carboxylic acids is 2. The van der Waals surface area contributed by atoms with E-state index >= 15 is 0 Å². The van der Waals surface area contributed by atoms with Crippen LogP contribution in [0, 0.1) is 11.6 Å². The smallest absolute Gasteiger partial charge is 0.308 e. The summed E-state index contributed by atoms with van der Waals surface area (Å²) < 4.78 is 39.1. The molecule has 0 aromatic heterocycles. The third kappa shape index (κ3) is 4.40. The van der Waals surface area contributed by atoms with Crippen LogP contribution in [0.1, 0.15) is 13.8 Å². The summed E-state index contributed by atoms with van der Waals surface area (Å²) in [6.45, 7) is 2.56. The van der Waals surface area contributed by atoms with Gasteiger partial charge in [0, 0.05) is 25.0 Å². The van der Waals surface area contributed by atoms with E-state index in [1.54, 1.807) is 24.3 Å². The fraction of sp³-hybridized carbons (Fsp3) is 0.0909. The standard InChI is InChI=1S/C22H16F2O4/c1-13(25)27-17-7-3-15(4-8-17)19-11-22(24)20(12-21(19)23)16-5-9-18(10-6-16)28-14(2)26/h3-12H,1-2H3. The molecule has 0 amide bonds. The molecule has 0 aliphatic heterocycles. The molecule has 0 spiro atoms. The topological polar surface area (TPSA) is 52.6 Å². The molecule has 3 rings (SSSR count). The van der Waals surface area contributed by atoms with Gasteiger partial charge in [-0.1, -0.05) is 24.3 Å². The van der Waals surface area contributed by atoms with Crippen molar-refractivity contribution in [2.24, 2.45) is 0 Å². The molecule has 3 aromatic carbocycles. The summed E-state index contributed by atoms with van der Waals surface area (Å²) in [7, 11) is 0. The molecule has 28 heavy (non-hydrogen) atoms. The summed E-state index contributed by atoms with van der Waals surface area (Å²) in [6, 6.07) is 14.5. The fourth-order valence-corrected chi connectivity index (χ4v) is 2.73. The van der Waals surface area contributed by atoms with Crippen LogP contribution in [-0.2, 0) is 9.59 Å². The Morgan fingerprint density at radius 3 is 1.25 bits per heavy atom. The zero-order chi connectivity index (χ0) is 20.3. The van der Waals surface area contributed by atoms with Crippen molar-refractivity contribution in [1.82, 2.24) is 0 Å². The average molecular weight is 382 g/mol. The first-order valence-corrected chi connectivity index (χ1v) is 8.40. The van der Waals surface area contributed by atoms with Crippen LogP contribution < -0.4 is 9.47 Å². The largest absolute Gasteiger partial charge is 0.427 e. The lowest BCUT2D eigenvalue weighted by atomic mass is 9.99. The predicted molar refractivity (Wildman–Crippen MR) is 99.8 cm³/mol. The summed E-state index contributed by atoms with van der Waals surface area (Å²) in [5.74, 6) is -1.48. The minimum atomic E-state index is -0.597. The first-order chi connectivity index (χ1) is 13.3. The number of benzene rings is 3. The number of esters is 2. The summed E-state index contributed by atoms with van der Waals surface area (Å²) in [5.41, 5.74) is 1.08. The molecule has 0 unspecified atom stereocenters. The molecular formula is C22H16F2O4. The lowest BCUT2D eigenvalue weighted by Crippen LogP contribution is -2.01. The van der Waals surface area contributed by atoms with Gasteiger partial charge in [-0.15, -0.1) is 0 Å². The van der Waals surface area contributed by atoms with Crippen LogP contribution in [0.3, 0.4) is 0 Å². The van der Waals surface area contributed by atoms with Crippen molar-refractivity contribution in [2.75, 3.05) is 0 Å². The van der Waals surface area contributed by atoms with Gasteiger partial charge in [0.2, 0.25) is 0 Å². The second-order valence-electron chi connectivity index (χ2n) is 6.05. The molecule has 6 heteroatoms. The lowest BCUT2D eigenvalue weighted by molar-refractivity contribution is -0.132. The van der Waals surface area contributed by atoms with Gasteiger partial charge in [0.05, 0.1) is 0 Å². The average Bonchev–Trinajstić information content (AvgIpc) is 2.64. The normalized spacial score (nSPS) is 10.4. The van der Waals surface area contributed by atoms with Crippen molar-refractivity contribution in [2.45, 2.75) is 13.8 Å². The Morgan fingerprint density at radius 1 is 0.643 bits per heavy atom. The highest BCUT2D eigenvalue weighted by Crippen LogP contribution is 2.32. The van der Waals surface area contributed by atoms with Crippen LogP contribution in [0.25, 0.3) is 22.3 Å². The van der Waals surface area contributed by atoms with E-state index in [0.717, 1.165) is 12.1 Å². The molecule has 4 nitrogen and oxygen atoms in total. The van der Waals surface area contributed by atoms with Gasteiger partial charge in [-0.2, -0.15) is 0 Å². The molecule has 0 saturated heterocycles. The van der Waals surface area contributed by atoms with E-state index < -0.39 is 23.6 Å². The molecule has 142 valence electrons. The van der Waals surface area contributed by atoms with E-state index in [2.05, 4.69) is 0 Å². The Hall–Kier alpha value is -3.54. The van der Waals surface area contributed by atoms with Gasteiger partial charge in [0.15, 0.2) is 0 Å². The molecule has 0 fully saturated rings. The SMILES string of the molecule is CC(=O)Oc1ccc(-c2cc(F)c(-c3ccc(OC(C)=O)cc3)cc2F)cc1. The molecule has 0 aliphatic carbocycles. The lowest BCUT2D eigenvalue weighted by Gasteiger charge is -2.10. The highest BCUT2D eigenvalue weighted by atomic mass is 19.1. The van der Waals surface area contributed by atoms with E-state index in [1.807, 2.05) is 0 Å². The number of hydrogen-bond acceptors (Lipinski definition) is 4. The van der Waals surface area contributed by atoms with Gasteiger partial charge in [-0.3, -0.25) is 9.59 Å². The first-order valence-electron chi connectivity index (χ1n) is 8.40. The number of rotatable bonds is 4. The second-order valence-corrected chi connectivity index (χ2v) is 6.05. The van der Waals surface area contributed by atoms with Crippen LogP contribution >= 0.6 is 0 Å². The number of hydrogen-bond donors (Lipinski definition) is 0. The Morgan fingerprint density at radius 2 is 0.964 bits per heavy atom. The Bertz CT molecular complexity index is 940. The van der Waals surface area contributed by atoms with E-state index in [9.17, 15) is 18.4 Å². The van der Waals surface area contributed by atoms with E-state index in [-0.39, 0.29) is 11.1 Å². The highest BCUT2D eigenvalue weighted by Gasteiger charge is 2.14. The van der Waals surface area contributed by atoms with Gasteiger partial charge >= 0.3 is 11.9 Å². The Labute approximate surface area is 160 Å².